The second-order valence-corrected chi connectivity index (χ2v) is 5.88. The van der Waals surface area contributed by atoms with Crippen LogP contribution in [-0.4, -0.2) is 17.7 Å². The Morgan fingerprint density at radius 3 is 1.46 bits per heavy atom. The van der Waals surface area contributed by atoms with Gasteiger partial charge >= 0.3 is 0 Å². The van der Waals surface area contributed by atoms with Crippen molar-refractivity contribution in [1.82, 2.24) is 0 Å². The molecule has 0 bridgehead atoms. The molecule has 0 aromatic heterocycles. The number of nitrogens with two attached hydrogens (primary N) is 1. The molecule has 0 fully saturated rings. The number of rotatable bonds is 2. The molecule has 13 heavy (non-hydrogen) atoms. The Morgan fingerprint density at radius 2 is 1.38 bits per heavy atom. The molecule has 2 unspecified atom stereocenters. The van der Waals surface area contributed by atoms with Crippen LogP contribution in [0.2, 0.25) is 0 Å². The first kappa shape index (κ1) is 12.9. The van der Waals surface area contributed by atoms with Crippen molar-refractivity contribution in [2.75, 3.05) is 0 Å². The Labute approximate surface area is 82.8 Å². The minimum absolute atomic E-state index is 0.0687. The highest BCUT2D eigenvalue weighted by molar-refractivity contribution is 4.83. The van der Waals surface area contributed by atoms with Gasteiger partial charge in [-0.3, -0.25) is 0 Å². The summed E-state index contributed by atoms with van der Waals surface area (Å²) in [6.07, 6.45) is 0.104. The maximum atomic E-state index is 5.94. The van der Waals surface area contributed by atoms with Crippen molar-refractivity contribution < 1.29 is 4.74 Å². The van der Waals surface area contributed by atoms with E-state index in [0.717, 1.165) is 0 Å². The monoisotopic (exact) mass is 187 g/mol. The summed E-state index contributed by atoms with van der Waals surface area (Å²) in [7, 11) is 0. The van der Waals surface area contributed by atoms with E-state index >= 15 is 0 Å². The van der Waals surface area contributed by atoms with Crippen LogP contribution in [0.3, 0.4) is 0 Å². The van der Waals surface area contributed by atoms with E-state index < -0.39 is 0 Å². The van der Waals surface area contributed by atoms with E-state index in [4.69, 9.17) is 10.5 Å². The topological polar surface area (TPSA) is 35.2 Å². The maximum absolute atomic E-state index is 5.94. The molecule has 0 saturated carbocycles. The normalized spacial score (nSPS) is 18.5. The van der Waals surface area contributed by atoms with Crippen LogP contribution in [0.4, 0.5) is 0 Å². The predicted octanol–water partition coefficient (Wildman–Crippen LogP) is 2.56. The molecule has 0 aliphatic carbocycles. The van der Waals surface area contributed by atoms with E-state index in [9.17, 15) is 0 Å². The van der Waals surface area contributed by atoms with Crippen LogP contribution in [0.1, 0.15) is 48.5 Å². The van der Waals surface area contributed by atoms with Gasteiger partial charge in [-0.15, -0.1) is 0 Å². The van der Waals surface area contributed by atoms with Crippen LogP contribution in [0.15, 0.2) is 0 Å². The van der Waals surface area contributed by atoms with Crippen LogP contribution in [0.5, 0.6) is 0 Å². The summed E-state index contributed by atoms with van der Waals surface area (Å²) in [5.74, 6) is 0. The van der Waals surface area contributed by atoms with Gasteiger partial charge in [0.05, 0.1) is 11.7 Å². The van der Waals surface area contributed by atoms with Crippen LogP contribution in [0.25, 0.3) is 0 Å². The molecule has 0 radical (unpaired) electrons. The molecule has 2 N–H and O–H groups in total. The lowest BCUT2D eigenvalue weighted by molar-refractivity contribution is -0.112. The van der Waals surface area contributed by atoms with Gasteiger partial charge in [-0.2, -0.15) is 0 Å². The fraction of sp³-hybridized carbons (Fsp3) is 1.00. The summed E-state index contributed by atoms with van der Waals surface area (Å²) < 4.78 is 5.94. The van der Waals surface area contributed by atoms with Gasteiger partial charge in [0, 0.05) is 6.04 Å². The molecular formula is C11H25NO. The van der Waals surface area contributed by atoms with Gasteiger partial charge < -0.3 is 10.5 Å². The van der Waals surface area contributed by atoms with Gasteiger partial charge in [0.25, 0.3) is 0 Å². The van der Waals surface area contributed by atoms with Gasteiger partial charge in [0.2, 0.25) is 0 Å². The Bertz CT molecular complexity index is 150. The number of ether oxygens (including phenoxy) is 1. The SMILES string of the molecule is CC(N)C(OC(C)(C)C)C(C)(C)C. The van der Waals surface area contributed by atoms with Crippen molar-refractivity contribution in [3.05, 3.63) is 0 Å². The van der Waals surface area contributed by atoms with E-state index in [-0.39, 0.29) is 23.2 Å². The molecule has 2 heteroatoms. The standard InChI is InChI=1S/C11H25NO/c1-8(12)9(10(2,3)4)13-11(5,6)7/h8-9H,12H2,1-7H3. The zero-order valence-corrected chi connectivity index (χ0v) is 10.1. The van der Waals surface area contributed by atoms with Gasteiger partial charge in [0.1, 0.15) is 0 Å². The van der Waals surface area contributed by atoms with Gasteiger partial charge in [-0.05, 0) is 33.1 Å². The van der Waals surface area contributed by atoms with Crippen LogP contribution >= 0.6 is 0 Å². The van der Waals surface area contributed by atoms with Crippen molar-refractivity contribution in [2.45, 2.75) is 66.2 Å². The van der Waals surface area contributed by atoms with Gasteiger partial charge in [-0.25, -0.2) is 0 Å². The zero-order valence-electron chi connectivity index (χ0n) is 10.1. The summed E-state index contributed by atoms with van der Waals surface area (Å²) >= 11 is 0. The van der Waals surface area contributed by atoms with E-state index in [1.165, 1.54) is 0 Å². The third kappa shape index (κ3) is 5.27. The molecule has 0 aromatic carbocycles. The first-order valence-corrected chi connectivity index (χ1v) is 4.97. The fourth-order valence-electron chi connectivity index (χ4n) is 1.45. The number of hydrogen-bond acceptors (Lipinski definition) is 2. The molecular weight excluding hydrogens is 162 g/mol. The molecule has 80 valence electrons. The Morgan fingerprint density at radius 1 is 1.00 bits per heavy atom. The zero-order chi connectivity index (χ0) is 10.9. The van der Waals surface area contributed by atoms with Crippen LogP contribution < -0.4 is 5.73 Å². The quantitative estimate of drug-likeness (QED) is 0.721. The van der Waals surface area contributed by atoms with Crippen molar-refractivity contribution >= 4 is 0 Å². The fourth-order valence-corrected chi connectivity index (χ4v) is 1.45. The average Bonchev–Trinajstić information content (AvgIpc) is 1.77. The predicted molar refractivity (Wildman–Crippen MR) is 57.7 cm³/mol. The minimum atomic E-state index is -0.119. The Balaban J connectivity index is 4.47. The van der Waals surface area contributed by atoms with Crippen molar-refractivity contribution in [2.24, 2.45) is 11.1 Å². The van der Waals surface area contributed by atoms with E-state index in [0.29, 0.717) is 0 Å². The third-order valence-corrected chi connectivity index (χ3v) is 1.81. The van der Waals surface area contributed by atoms with Crippen LogP contribution in [0, 0.1) is 5.41 Å². The molecule has 0 rings (SSSR count). The summed E-state index contributed by atoms with van der Waals surface area (Å²) in [5, 5.41) is 0. The molecule has 2 nitrogen and oxygen atoms in total. The highest BCUT2D eigenvalue weighted by Crippen LogP contribution is 2.28. The van der Waals surface area contributed by atoms with Crippen molar-refractivity contribution in [3.8, 4) is 0 Å². The summed E-state index contributed by atoms with van der Waals surface area (Å²) in [4.78, 5) is 0. The van der Waals surface area contributed by atoms with E-state index in [1.807, 2.05) is 6.92 Å². The molecule has 2 atom stereocenters. The van der Waals surface area contributed by atoms with Gasteiger partial charge in [0.15, 0.2) is 0 Å². The smallest absolute Gasteiger partial charge is 0.0778 e. The first-order chi connectivity index (χ1) is 5.54. The average molecular weight is 187 g/mol. The summed E-state index contributed by atoms with van der Waals surface area (Å²) in [6.45, 7) is 14.7. The van der Waals surface area contributed by atoms with E-state index in [2.05, 4.69) is 41.5 Å². The molecule has 0 spiro atoms. The number of hydrogen-bond donors (Lipinski definition) is 1. The maximum Gasteiger partial charge on any atom is 0.0778 e. The summed E-state index contributed by atoms with van der Waals surface area (Å²) in [6, 6.07) is 0.0687. The second kappa shape index (κ2) is 3.97. The molecule has 0 aliphatic heterocycles. The Hall–Kier alpha value is -0.0800. The van der Waals surface area contributed by atoms with Crippen LogP contribution in [-0.2, 0) is 4.74 Å². The Kier molecular flexibility index (Phi) is 3.95. The third-order valence-electron chi connectivity index (χ3n) is 1.81. The molecule has 0 aromatic rings. The molecule has 0 heterocycles. The van der Waals surface area contributed by atoms with Crippen molar-refractivity contribution in [1.29, 1.82) is 0 Å². The largest absolute Gasteiger partial charge is 0.370 e. The highest BCUT2D eigenvalue weighted by Gasteiger charge is 2.32. The lowest BCUT2D eigenvalue weighted by Crippen LogP contribution is -2.47. The second-order valence-electron chi connectivity index (χ2n) is 5.88. The first-order valence-electron chi connectivity index (χ1n) is 4.97. The molecule has 0 saturated heterocycles. The lowest BCUT2D eigenvalue weighted by Gasteiger charge is -2.38. The summed E-state index contributed by atoms with van der Waals surface area (Å²) in [5.41, 5.74) is 5.88. The molecule has 0 amide bonds. The van der Waals surface area contributed by atoms with Gasteiger partial charge in [-0.1, -0.05) is 20.8 Å². The van der Waals surface area contributed by atoms with Crippen molar-refractivity contribution in [3.63, 3.8) is 0 Å². The lowest BCUT2D eigenvalue weighted by atomic mass is 9.85. The highest BCUT2D eigenvalue weighted by atomic mass is 16.5. The minimum Gasteiger partial charge on any atom is -0.370 e. The van der Waals surface area contributed by atoms with E-state index in [1.54, 1.807) is 0 Å². The molecule has 0 aliphatic rings.